The van der Waals surface area contributed by atoms with Crippen molar-refractivity contribution in [3.05, 3.63) is 68.6 Å². The molecule has 1 fully saturated rings. The van der Waals surface area contributed by atoms with Crippen LogP contribution >= 0.6 is 34.4 Å². The standard InChI is InChI=1S/C16H11IN2OS/c17-12-6-4-5-11(9-12)10-14-15(20)19-16(21-14)18-13-7-2-1-3-8-13/h1-10H,(H,18,19,20)/b14-10-. The molecular weight excluding hydrogens is 395 g/mol. The maximum atomic E-state index is 12.0. The van der Waals surface area contributed by atoms with Crippen LogP contribution in [0.25, 0.3) is 6.08 Å². The molecule has 21 heavy (non-hydrogen) atoms. The van der Waals surface area contributed by atoms with Crippen molar-refractivity contribution in [3.63, 3.8) is 0 Å². The van der Waals surface area contributed by atoms with Crippen molar-refractivity contribution in [3.8, 4) is 0 Å². The van der Waals surface area contributed by atoms with Crippen molar-refractivity contribution < 1.29 is 4.79 Å². The van der Waals surface area contributed by atoms with E-state index in [2.05, 4.69) is 32.9 Å². The Balaban J connectivity index is 1.84. The third-order valence-corrected chi connectivity index (χ3v) is 4.37. The maximum absolute atomic E-state index is 12.0. The number of carbonyl (C=O) groups is 1. The summed E-state index contributed by atoms with van der Waals surface area (Å²) in [7, 11) is 0. The van der Waals surface area contributed by atoms with Crippen LogP contribution in [-0.4, -0.2) is 11.1 Å². The van der Waals surface area contributed by atoms with E-state index in [1.807, 2.05) is 60.7 Å². The van der Waals surface area contributed by atoms with Gasteiger partial charge >= 0.3 is 0 Å². The summed E-state index contributed by atoms with van der Waals surface area (Å²) in [5, 5.41) is 3.41. The third-order valence-electron chi connectivity index (χ3n) is 2.78. The number of hydrogen-bond donors (Lipinski definition) is 1. The van der Waals surface area contributed by atoms with E-state index < -0.39 is 0 Å². The van der Waals surface area contributed by atoms with E-state index in [4.69, 9.17) is 0 Å². The minimum Gasteiger partial charge on any atom is -0.300 e. The average molecular weight is 406 g/mol. The number of benzene rings is 2. The molecule has 3 nitrogen and oxygen atoms in total. The largest absolute Gasteiger partial charge is 0.300 e. The Hall–Kier alpha value is -1.60. The molecule has 0 bridgehead atoms. The van der Waals surface area contributed by atoms with Crippen LogP contribution in [0.3, 0.4) is 0 Å². The Kier molecular flexibility index (Phi) is 4.40. The highest BCUT2D eigenvalue weighted by Crippen LogP contribution is 2.28. The van der Waals surface area contributed by atoms with Crippen molar-refractivity contribution in [1.82, 2.24) is 5.32 Å². The lowest BCUT2D eigenvalue weighted by molar-refractivity contribution is -0.115. The van der Waals surface area contributed by atoms with Crippen molar-refractivity contribution in [2.45, 2.75) is 0 Å². The SMILES string of the molecule is O=C1NC(=Nc2ccccc2)S/C1=C\c1cccc(I)c1. The molecule has 0 aromatic heterocycles. The van der Waals surface area contributed by atoms with Crippen LogP contribution in [0.15, 0.2) is 64.5 Å². The number of nitrogens with one attached hydrogen (secondary N) is 1. The van der Waals surface area contributed by atoms with E-state index in [-0.39, 0.29) is 5.91 Å². The predicted octanol–water partition coefficient (Wildman–Crippen LogP) is 4.18. The summed E-state index contributed by atoms with van der Waals surface area (Å²) in [5.41, 5.74) is 1.84. The number of nitrogens with zero attached hydrogens (tertiary/aromatic N) is 1. The van der Waals surface area contributed by atoms with Gasteiger partial charge in [0.25, 0.3) is 5.91 Å². The Bertz CT molecular complexity index is 741. The summed E-state index contributed by atoms with van der Waals surface area (Å²) in [5.74, 6) is -0.103. The lowest BCUT2D eigenvalue weighted by Gasteiger charge is -1.96. The fourth-order valence-corrected chi connectivity index (χ4v) is 3.26. The van der Waals surface area contributed by atoms with E-state index >= 15 is 0 Å². The van der Waals surface area contributed by atoms with Gasteiger partial charge in [0.05, 0.1) is 10.6 Å². The first-order chi connectivity index (χ1) is 10.2. The molecule has 2 aromatic rings. The summed E-state index contributed by atoms with van der Waals surface area (Å²) < 4.78 is 1.14. The first-order valence-corrected chi connectivity index (χ1v) is 8.20. The normalized spacial score (nSPS) is 18.2. The predicted molar refractivity (Wildman–Crippen MR) is 96.4 cm³/mol. The van der Waals surface area contributed by atoms with Crippen LogP contribution in [0.4, 0.5) is 5.69 Å². The molecule has 1 aliphatic rings. The Morgan fingerprint density at radius 2 is 1.90 bits per heavy atom. The van der Waals surface area contributed by atoms with Crippen molar-refractivity contribution >= 4 is 57.2 Å². The number of rotatable bonds is 2. The topological polar surface area (TPSA) is 41.5 Å². The zero-order valence-electron chi connectivity index (χ0n) is 10.9. The molecule has 1 N–H and O–H groups in total. The Labute approximate surface area is 140 Å². The summed E-state index contributed by atoms with van der Waals surface area (Å²) >= 11 is 3.62. The number of hydrogen-bond acceptors (Lipinski definition) is 3. The quantitative estimate of drug-likeness (QED) is 0.601. The molecule has 1 heterocycles. The van der Waals surface area contributed by atoms with Crippen LogP contribution in [0, 0.1) is 3.57 Å². The molecule has 0 aliphatic carbocycles. The molecule has 0 saturated carbocycles. The van der Waals surface area contributed by atoms with Crippen molar-refractivity contribution in [2.24, 2.45) is 4.99 Å². The lowest BCUT2D eigenvalue weighted by Crippen LogP contribution is -2.19. The van der Waals surface area contributed by atoms with Gasteiger partial charge in [-0.05, 0) is 70.3 Å². The van der Waals surface area contributed by atoms with Gasteiger partial charge in [-0.3, -0.25) is 4.79 Å². The minimum absolute atomic E-state index is 0.103. The number of para-hydroxylation sites is 1. The number of amides is 1. The summed E-state index contributed by atoms with van der Waals surface area (Å²) in [6, 6.07) is 17.6. The molecular formula is C16H11IN2OS. The number of aliphatic imine (C=N–C) groups is 1. The first-order valence-electron chi connectivity index (χ1n) is 6.31. The first kappa shape index (κ1) is 14.3. The lowest BCUT2D eigenvalue weighted by atomic mass is 10.2. The minimum atomic E-state index is -0.103. The molecule has 3 rings (SSSR count). The molecule has 0 unspecified atom stereocenters. The second-order valence-electron chi connectivity index (χ2n) is 4.37. The highest BCUT2D eigenvalue weighted by atomic mass is 127. The van der Waals surface area contributed by atoms with E-state index in [0.717, 1.165) is 14.8 Å². The van der Waals surface area contributed by atoms with Gasteiger partial charge in [0.15, 0.2) is 5.17 Å². The maximum Gasteiger partial charge on any atom is 0.264 e. The fraction of sp³-hybridized carbons (Fsp3) is 0. The molecule has 2 aromatic carbocycles. The smallest absolute Gasteiger partial charge is 0.264 e. The summed E-state index contributed by atoms with van der Waals surface area (Å²) in [6.07, 6.45) is 1.88. The third kappa shape index (κ3) is 3.74. The second kappa shape index (κ2) is 6.44. The molecule has 0 spiro atoms. The van der Waals surface area contributed by atoms with Crippen molar-refractivity contribution in [2.75, 3.05) is 0 Å². The fourth-order valence-electron chi connectivity index (χ4n) is 1.85. The zero-order valence-corrected chi connectivity index (χ0v) is 13.9. The van der Waals surface area contributed by atoms with Gasteiger partial charge in [-0.1, -0.05) is 30.3 Å². The Morgan fingerprint density at radius 1 is 1.10 bits per heavy atom. The van der Waals surface area contributed by atoms with E-state index in [1.165, 1.54) is 11.8 Å². The highest BCUT2D eigenvalue weighted by Gasteiger charge is 2.23. The van der Waals surface area contributed by atoms with E-state index in [0.29, 0.717) is 10.1 Å². The van der Waals surface area contributed by atoms with Gasteiger partial charge in [0.2, 0.25) is 0 Å². The zero-order chi connectivity index (χ0) is 14.7. The molecule has 5 heteroatoms. The summed E-state index contributed by atoms with van der Waals surface area (Å²) in [6.45, 7) is 0. The van der Waals surface area contributed by atoms with Crippen LogP contribution in [-0.2, 0) is 4.79 Å². The van der Waals surface area contributed by atoms with Gasteiger partial charge in [-0.25, -0.2) is 4.99 Å². The molecule has 1 amide bonds. The van der Waals surface area contributed by atoms with Gasteiger partial charge in [-0.15, -0.1) is 0 Å². The van der Waals surface area contributed by atoms with Crippen molar-refractivity contribution in [1.29, 1.82) is 0 Å². The number of thioether (sulfide) groups is 1. The molecule has 1 aliphatic heterocycles. The Morgan fingerprint density at radius 3 is 2.67 bits per heavy atom. The van der Waals surface area contributed by atoms with Crippen LogP contribution in [0.1, 0.15) is 5.56 Å². The van der Waals surface area contributed by atoms with Gasteiger partial charge in [0, 0.05) is 3.57 Å². The number of halogens is 1. The van der Waals surface area contributed by atoms with Gasteiger partial charge in [-0.2, -0.15) is 0 Å². The monoisotopic (exact) mass is 406 g/mol. The molecule has 0 atom stereocenters. The van der Waals surface area contributed by atoms with E-state index in [9.17, 15) is 4.79 Å². The van der Waals surface area contributed by atoms with Crippen LogP contribution < -0.4 is 5.32 Å². The van der Waals surface area contributed by atoms with Gasteiger partial charge < -0.3 is 5.32 Å². The van der Waals surface area contributed by atoms with Gasteiger partial charge in [0.1, 0.15) is 0 Å². The molecule has 104 valence electrons. The molecule has 0 radical (unpaired) electrons. The summed E-state index contributed by atoms with van der Waals surface area (Å²) in [4.78, 5) is 17.1. The average Bonchev–Trinajstić information content (AvgIpc) is 2.80. The molecule has 1 saturated heterocycles. The number of carbonyl (C=O) groups excluding carboxylic acids is 1. The second-order valence-corrected chi connectivity index (χ2v) is 6.65. The van der Waals surface area contributed by atoms with Crippen LogP contribution in [0.5, 0.6) is 0 Å². The van der Waals surface area contributed by atoms with Crippen LogP contribution in [0.2, 0.25) is 0 Å². The van der Waals surface area contributed by atoms with E-state index in [1.54, 1.807) is 0 Å². The number of amidine groups is 1. The highest BCUT2D eigenvalue weighted by molar-refractivity contribution is 14.1.